The van der Waals surface area contributed by atoms with E-state index in [4.69, 9.17) is 14.6 Å². The summed E-state index contributed by atoms with van der Waals surface area (Å²) in [6.07, 6.45) is 0.552. The van der Waals surface area contributed by atoms with Crippen LogP contribution in [0.1, 0.15) is 35.4 Å². The molecule has 2 aliphatic heterocycles. The third kappa shape index (κ3) is 3.65. The lowest BCUT2D eigenvalue weighted by Crippen LogP contribution is -2.33. The summed E-state index contributed by atoms with van der Waals surface area (Å²) in [7, 11) is 5.77. The molecule has 0 bridgehead atoms. The molecule has 0 saturated heterocycles. The maximum Gasteiger partial charge on any atom is 0.213 e. The van der Waals surface area contributed by atoms with E-state index in [1.165, 1.54) is 0 Å². The number of anilines is 1. The molecule has 5 rings (SSSR count). The monoisotopic (exact) mass is 477 g/mol. The minimum absolute atomic E-state index is 0.122. The number of fused-ring (bicyclic) bond motifs is 3. The first-order chi connectivity index (χ1) is 15.0. The fourth-order valence-corrected chi connectivity index (χ4v) is 4.55. The molecular weight excluding hydrogens is 454 g/mol. The fourth-order valence-electron chi connectivity index (χ4n) is 4.17. The van der Waals surface area contributed by atoms with Crippen LogP contribution in [0.15, 0.2) is 76.3 Å². The van der Waals surface area contributed by atoms with Gasteiger partial charge in [0.1, 0.15) is 11.5 Å². The molecule has 0 unspecified atom stereocenters. The molecule has 0 amide bonds. The Morgan fingerprint density at radius 3 is 2.45 bits per heavy atom. The van der Waals surface area contributed by atoms with Gasteiger partial charge in [-0.2, -0.15) is 5.10 Å². The first-order valence-corrected chi connectivity index (χ1v) is 11.1. The van der Waals surface area contributed by atoms with Crippen molar-refractivity contribution in [2.75, 3.05) is 26.1 Å². The molecule has 0 aliphatic carbocycles. The molecule has 0 radical (unpaired) electrons. The van der Waals surface area contributed by atoms with E-state index in [-0.39, 0.29) is 12.3 Å². The molecular formula is C25H24BrN3O2. The summed E-state index contributed by atoms with van der Waals surface area (Å²) in [6, 6.07) is 22.9. The Morgan fingerprint density at radius 1 is 1.03 bits per heavy atom. The van der Waals surface area contributed by atoms with E-state index in [9.17, 15) is 0 Å². The van der Waals surface area contributed by atoms with Crippen LogP contribution in [0.2, 0.25) is 0 Å². The molecule has 0 spiro atoms. The summed E-state index contributed by atoms with van der Waals surface area (Å²) in [5.74, 6) is 1.76. The minimum Gasteiger partial charge on any atom is -0.497 e. The zero-order chi connectivity index (χ0) is 21.5. The molecule has 31 heavy (non-hydrogen) atoms. The summed E-state index contributed by atoms with van der Waals surface area (Å²) in [5, 5.41) is 7.15. The van der Waals surface area contributed by atoms with Crippen molar-refractivity contribution < 1.29 is 9.47 Å². The maximum atomic E-state index is 6.47. The SMILES string of the molecule is COc1ccc(C2=NN3[C@H](C2)c2cc(Br)ccc2O[C@@H]3c2ccc(N(C)C)cc2)cc1. The Hall–Kier alpha value is -2.99. The van der Waals surface area contributed by atoms with Gasteiger partial charge < -0.3 is 14.4 Å². The summed E-state index contributed by atoms with van der Waals surface area (Å²) in [4.78, 5) is 2.09. The summed E-state index contributed by atoms with van der Waals surface area (Å²) >= 11 is 3.61. The number of hydrogen-bond acceptors (Lipinski definition) is 5. The zero-order valence-electron chi connectivity index (χ0n) is 17.7. The van der Waals surface area contributed by atoms with Crippen molar-refractivity contribution in [1.82, 2.24) is 5.01 Å². The molecule has 0 aromatic heterocycles. The van der Waals surface area contributed by atoms with Gasteiger partial charge in [0.2, 0.25) is 6.23 Å². The van der Waals surface area contributed by atoms with Crippen molar-refractivity contribution >= 4 is 27.3 Å². The maximum absolute atomic E-state index is 6.47. The quantitative estimate of drug-likeness (QED) is 0.478. The number of halogens is 1. The number of hydrogen-bond donors (Lipinski definition) is 0. The van der Waals surface area contributed by atoms with Crippen LogP contribution in [0.4, 0.5) is 5.69 Å². The van der Waals surface area contributed by atoms with Gasteiger partial charge in [-0.05, 0) is 60.2 Å². The van der Waals surface area contributed by atoms with Gasteiger partial charge in [0.15, 0.2) is 0 Å². The predicted octanol–water partition coefficient (Wildman–Crippen LogP) is 5.77. The van der Waals surface area contributed by atoms with Gasteiger partial charge in [-0.3, -0.25) is 0 Å². The highest BCUT2D eigenvalue weighted by Crippen LogP contribution is 2.48. The Balaban J connectivity index is 1.55. The van der Waals surface area contributed by atoms with E-state index >= 15 is 0 Å². The van der Waals surface area contributed by atoms with Crippen molar-refractivity contribution in [2.24, 2.45) is 5.10 Å². The predicted molar refractivity (Wildman–Crippen MR) is 127 cm³/mol. The largest absolute Gasteiger partial charge is 0.497 e. The molecule has 2 aliphatic rings. The summed E-state index contributed by atoms with van der Waals surface area (Å²) < 4.78 is 12.8. The van der Waals surface area contributed by atoms with Crippen LogP contribution < -0.4 is 14.4 Å². The number of nitrogens with zero attached hydrogens (tertiary/aromatic N) is 3. The number of ether oxygens (including phenoxy) is 2. The molecule has 2 atom stereocenters. The van der Waals surface area contributed by atoms with Crippen LogP contribution in [0.25, 0.3) is 0 Å². The Labute approximate surface area is 191 Å². The third-order valence-electron chi connectivity index (χ3n) is 5.87. The molecule has 0 fully saturated rings. The second-order valence-corrected chi connectivity index (χ2v) is 8.93. The number of benzene rings is 3. The number of hydrazone groups is 1. The lowest BCUT2D eigenvalue weighted by molar-refractivity contribution is -0.0190. The van der Waals surface area contributed by atoms with E-state index in [2.05, 4.69) is 68.3 Å². The van der Waals surface area contributed by atoms with Crippen molar-refractivity contribution in [1.29, 1.82) is 0 Å². The summed E-state index contributed by atoms with van der Waals surface area (Å²) in [5.41, 5.74) is 5.56. The standard InChI is InChI=1S/C25H24BrN3O2/c1-28(2)19-9-4-17(5-10-19)25-29-23(21-14-18(26)8-13-24(21)31-25)15-22(27-29)16-6-11-20(30-3)12-7-16/h4-14,23,25H,15H2,1-3H3/t23-,25-/m1/s1. The summed E-state index contributed by atoms with van der Waals surface area (Å²) in [6.45, 7) is 0. The van der Waals surface area contributed by atoms with Gasteiger partial charge in [0.25, 0.3) is 0 Å². The molecule has 6 heteroatoms. The van der Waals surface area contributed by atoms with E-state index in [1.54, 1.807) is 7.11 Å². The van der Waals surface area contributed by atoms with Crippen molar-refractivity contribution in [3.05, 3.63) is 87.9 Å². The van der Waals surface area contributed by atoms with Gasteiger partial charge in [0, 0.05) is 41.8 Å². The van der Waals surface area contributed by atoms with Gasteiger partial charge in [-0.15, -0.1) is 0 Å². The van der Waals surface area contributed by atoms with Gasteiger partial charge >= 0.3 is 0 Å². The molecule has 0 saturated carbocycles. The van der Waals surface area contributed by atoms with Crippen LogP contribution >= 0.6 is 15.9 Å². The Bertz CT molecular complexity index is 1130. The normalized spacial score (nSPS) is 19.2. The average Bonchev–Trinajstić information content (AvgIpc) is 3.24. The third-order valence-corrected chi connectivity index (χ3v) is 6.36. The lowest BCUT2D eigenvalue weighted by Gasteiger charge is -2.38. The molecule has 2 heterocycles. The molecule has 3 aromatic carbocycles. The van der Waals surface area contributed by atoms with Crippen LogP contribution in [0, 0.1) is 0 Å². The zero-order valence-corrected chi connectivity index (χ0v) is 19.3. The Morgan fingerprint density at radius 2 is 1.77 bits per heavy atom. The van der Waals surface area contributed by atoms with E-state index < -0.39 is 0 Å². The fraction of sp³-hybridized carbons (Fsp3) is 0.240. The van der Waals surface area contributed by atoms with Gasteiger partial charge in [0.05, 0.1) is 18.9 Å². The topological polar surface area (TPSA) is 37.3 Å². The van der Waals surface area contributed by atoms with Crippen LogP contribution in [0.5, 0.6) is 11.5 Å². The second-order valence-electron chi connectivity index (χ2n) is 8.01. The number of rotatable bonds is 4. The average molecular weight is 478 g/mol. The first kappa shape index (κ1) is 19.9. The van der Waals surface area contributed by atoms with Crippen molar-refractivity contribution in [3.8, 4) is 11.5 Å². The van der Waals surface area contributed by atoms with E-state index in [0.29, 0.717) is 0 Å². The molecule has 0 N–H and O–H groups in total. The molecule has 3 aromatic rings. The minimum atomic E-state index is -0.273. The molecule has 5 nitrogen and oxygen atoms in total. The Kier molecular flexibility index (Phi) is 5.10. The molecule has 158 valence electrons. The highest BCUT2D eigenvalue weighted by atomic mass is 79.9. The first-order valence-electron chi connectivity index (χ1n) is 10.3. The second kappa shape index (κ2) is 7.93. The van der Waals surface area contributed by atoms with Gasteiger partial charge in [-0.25, -0.2) is 5.01 Å². The van der Waals surface area contributed by atoms with E-state index in [1.807, 2.05) is 38.4 Å². The highest BCUT2D eigenvalue weighted by Gasteiger charge is 2.41. The van der Waals surface area contributed by atoms with Gasteiger partial charge in [-0.1, -0.05) is 28.1 Å². The van der Waals surface area contributed by atoms with Crippen LogP contribution in [-0.2, 0) is 0 Å². The van der Waals surface area contributed by atoms with Crippen LogP contribution in [-0.4, -0.2) is 31.9 Å². The smallest absolute Gasteiger partial charge is 0.213 e. The van der Waals surface area contributed by atoms with E-state index in [0.717, 1.165) is 50.5 Å². The van der Waals surface area contributed by atoms with Crippen LogP contribution in [0.3, 0.4) is 0 Å². The lowest BCUT2D eigenvalue weighted by atomic mass is 9.96. The van der Waals surface area contributed by atoms with Crippen molar-refractivity contribution in [2.45, 2.75) is 18.7 Å². The van der Waals surface area contributed by atoms with Crippen molar-refractivity contribution in [3.63, 3.8) is 0 Å². The highest BCUT2D eigenvalue weighted by molar-refractivity contribution is 9.10. The number of methoxy groups -OCH3 is 1.